The Bertz CT molecular complexity index is 489. The van der Waals surface area contributed by atoms with E-state index in [1.54, 1.807) is 0 Å². The van der Waals surface area contributed by atoms with E-state index in [2.05, 4.69) is 50.1 Å². The largest absolute Gasteiger partial charge is 0.478 e. The molecule has 0 radical (unpaired) electrons. The maximum atomic E-state index is 5.63. The van der Waals surface area contributed by atoms with Crippen LogP contribution in [0.4, 0.5) is 0 Å². The number of unbranched alkanes of at least 4 members (excludes halogenated alkanes) is 15. The van der Waals surface area contributed by atoms with E-state index in [9.17, 15) is 0 Å². The van der Waals surface area contributed by atoms with Crippen LogP contribution >= 0.6 is 0 Å². The summed E-state index contributed by atoms with van der Waals surface area (Å²) in [6, 6.07) is 0. The number of nitrogens with zero attached hydrogens (tertiary/aromatic N) is 1. The van der Waals surface area contributed by atoms with Gasteiger partial charge in [0.15, 0.2) is 5.90 Å². The summed E-state index contributed by atoms with van der Waals surface area (Å²) in [6.45, 7) is 7.30. The zero-order chi connectivity index (χ0) is 22.5. The van der Waals surface area contributed by atoms with Crippen molar-refractivity contribution in [2.75, 3.05) is 6.61 Å². The van der Waals surface area contributed by atoms with E-state index in [4.69, 9.17) is 4.74 Å². The van der Waals surface area contributed by atoms with Crippen LogP contribution in [0.2, 0.25) is 0 Å². The molecule has 0 N–H and O–H groups in total. The maximum absolute atomic E-state index is 5.63. The molecule has 0 unspecified atom stereocenters. The summed E-state index contributed by atoms with van der Waals surface area (Å²) >= 11 is 0. The fraction of sp³-hybridized carbons (Fsp3) is 0.828. The average Bonchev–Trinajstić information content (AvgIpc) is 3.10. The first-order valence-electron chi connectivity index (χ1n) is 13.7. The molecule has 0 aromatic heterocycles. The van der Waals surface area contributed by atoms with Gasteiger partial charge in [-0.15, -0.1) is 0 Å². The van der Waals surface area contributed by atoms with Crippen LogP contribution in [0.15, 0.2) is 29.3 Å². The molecular formula is C29H53NO. The van der Waals surface area contributed by atoms with Gasteiger partial charge in [-0.3, -0.25) is 0 Å². The number of rotatable bonds is 21. The molecule has 2 heteroatoms. The minimum absolute atomic E-state index is 0.00947. The van der Waals surface area contributed by atoms with Gasteiger partial charge in [0.1, 0.15) is 6.61 Å². The molecular weight excluding hydrogens is 378 g/mol. The monoisotopic (exact) mass is 431 g/mol. The van der Waals surface area contributed by atoms with E-state index >= 15 is 0 Å². The van der Waals surface area contributed by atoms with Gasteiger partial charge in [-0.25, -0.2) is 4.99 Å². The Kier molecular flexibility index (Phi) is 17.7. The minimum atomic E-state index is -0.00947. The summed E-state index contributed by atoms with van der Waals surface area (Å²) in [6.07, 6.45) is 34.9. The third-order valence-corrected chi connectivity index (χ3v) is 6.09. The van der Waals surface area contributed by atoms with Crippen molar-refractivity contribution in [1.82, 2.24) is 0 Å². The van der Waals surface area contributed by atoms with Gasteiger partial charge in [-0.2, -0.15) is 0 Å². The molecule has 0 atom stereocenters. The second kappa shape index (κ2) is 19.6. The van der Waals surface area contributed by atoms with E-state index in [-0.39, 0.29) is 5.54 Å². The third-order valence-electron chi connectivity index (χ3n) is 6.09. The standard InChI is InChI=1S/C29H53NO/c1-4-5-6-7-8-9-10-11-12-13-14-15-16-17-18-19-20-21-22-23-24-25-26-28-30-29(2,3)27-31-28/h18-19,22-23H,4-17,20-21,24-27H2,1-3H3/b19-18-,23-22-. The first-order valence-corrected chi connectivity index (χ1v) is 13.7. The number of hydrogen-bond acceptors (Lipinski definition) is 2. The van der Waals surface area contributed by atoms with Crippen molar-refractivity contribution in [1.29, 1.82) is 0 Å². The molecule has 1 aliphatic heterocycles. The lowest BCUT2D eigenvalue weighted by Gasteiger charge is -2.07. The average molecular weight is 432 g/mol. The highest BCUT2D eigenvalue weighted by atomic mass is 16.5. The van der Waals surface area contributed by atoms with Crippen LogP contribution in [0, 0.1) is 0 Å². The predicted octanol–water partition coefficient (Wildman–Crippen LogP) is 9.74. The van der Waals surface area contributed by atoms with Crippen LogP contribution < -0.4 is 0 Å². The van der Waals surface area contributed by atoms with Gasteiger partial charge < -0.3 is 4.74 Å². The van der Waals surface area contributed by atoms with Gasteiger partial charge in [0, 0.05) is 6.42 Å². The molecule has 1 aliphatic rings. The van der Waals surface area contributed by atoms with E-state index < -0.39 is 0 Å². The van der Waals surface area contributed by atoms with Crippen molar-refractivity contribution < 1.29 is 4.74 Å². The Morgan fingerprint density at radius 2 is 1.10 bits per heavy atom. The minimum Gasteiger partial charge on any atom is -0.478 e. The van der Waals surface area contributed by atoms with Crippen molar-refractivity contribution in [2.24, 2.45) is 4.99 Å². The van der Waals surface area contributed by atoms with Gasteiger partial charge >= 0.3 is 0 Å². The highest BCUT2D eigenvalue weighted by Crippen LogP contribution is 2.19. The van der Waals surface area contributed by atoms with Gasteiger partial charge in [0.25, 0.3) is 0 Å². The highest BCUT2D eigenvalue weighted by molar-refractivity contribution is 5.78. The first kappa shape index (κ1) is 28.0. The van der Waals surface area contributed by atoms with Crippen LogP contribution in [-0.4, -0.2) is 18.0 Å². The summed E-state index contributed by atoms with van der Waals surface area (Å²) in [5.74, 6) is 0.953. The van der Waals surface area contributed by atoms with Crippen LogP contribution in [0.5, 0.6) is 0 Å². The molecule has 0 amide bonds. The Morgan fingerprint density at radius 3 is 1.58 bits per heavy atom. The van der Waals surface area contributed by atoms with Gasteiger partial charge in [0.2, 0.25) is 0 Å². The Labute approximate surface area is 195 Å². The molecule has 1 heterocycles. The zero-order valence-electron chi connectivity index (χ0n) is 21.3. The van der Waals surface area contributed by atoms with E-state index in [0.29, 0.717) is 0 Å². The van der Waals surface area contributed by atoms with Crippen molar-refractivity contribution in [3.63, 3.8) is 0 Å². The molecule has 31 heavy (non-hydrogen) atoms. The fourth-order valence-electron chi connectivity index (χ4n) is 4.11. The normalized spacial score (nSPS) is 15.8. The summed E-state index contributed by atoms with van der Waals surface area (Å²) < 4.78 is 5.63. The number of ether oxygens (including phenoxy) is 1. The maximum Gasteiger partial charge on any atom is 0.183 e. The third kappa shape index (κ3) is 18.2. The molecule has 0 aromatic rings. The molecule has 180 valence electrons. The Balaban J connectivity index is 1.76. The van der Waals surface area contributed by atoms with E-state index in [1.807, 2.05) is 0 Å². The summed E-state index contributed by atoms with van der Waals surface area (Å²) in [5.41, 5.74) is -0.00947. The topological polar surface area (TPSA) is 21.6 Å². The van der Waals surface area contributed by atoms with Gasteiger partial charge in [-0.05, 0) is 52.4 Å². The molecule has 0 aromatic carbocycles. The first-order chi connectivity index (χ1) is 15.1. The van der Waals surface area contributed by atoms with Crippen LogP contribution in [0.3, 0.4) is 0 Å². The van der Waals surface area contributed by atoms with Crippen molar-refractivity contribution in [3.8, 4) is 0 Å². The fourth-order valence-corrected chi connectivity index (χ4v) is 4.11. The van der Waals surface area contributed by atoms with Gasteiger partial charge in [-0.1, -0.05) is 108 Å². The number of allylic oxidation sites excluding steroid dienone is 4. The Hall–Kier alpha value is -1.05. The smallest absolute Gasteiger partial charge is 0.183 e. The second-order valence-corrected chi connectivity index (χ2v) is 10.1. The number of hydrogen-bond donors (Lipinski definition) is 0. The van der Waals surface area contributed by atoms with Crippen LogP contribution in [0.1, 0.15) is 143 Å². The predicted molar refractivity (Wildman–Crippen MR) is 139 cm³/mol. The quantitative estimate of drug-likeness (QED) is 0.131. The SMILES string of the molecule is CCCCCCCCCCCCCCC/C=C\CC/C=C\CCCC1=NC(C)(C)CO1. The van der Waals surface area contributed by atoms with Crippen molar-refractivity contribution >= 4 is 5.90 Å². The van der Waals surface area contributed by atoms with Crippen molar-refractivity contribution in [3.05, 3.63) is 24.3 Å². The second-order valence-electron chi connectivity index (χ2n) is 10.1. The highest BCUT2D eigenvalue weighted by Gasteiger charge is 2.25. The molecule has 1 rings (SSSR count). The lowest BCUT2D eigenvalue weighted by Crippen LogP contribution is -2.17. The van der Waals surface area contributed by atoms with Crippen molar-refractivity contribution in [2.45, 2.75) is 148 Å². The molecule has 2 nitrogen and oxygen atoms in total. The zero-order valence-corrected chi connectivity index (χ0v) is 21.3. The summed E-state index contributed by atoms with van der Waals surface area (Å²) in [7, 11) is 0. The summed E-state index contributed by atoms with van der Waals surface area (Å²) in [5, 5.41) is 0. The van der Waals surface area contributed by atoms with E-state index in [1.165, 1.54) is 103 Å². The summed E-state index contributed by atoms with van der Waals surface area (Å²) in [4.78, 5) is 4.61. The molecule has 0 saturated heterocycles. The van der Waals surface area contributed by atoms with Crippen LogP contribution in [-0.2, 0) is 4.74 Å². The molecule has 0 saturated carbocycles. The van der Waals surface area contributed by atoms with E-state index in [0.717, 1.165) is 31.8 Å². The molecule has 0 bridgehead atoms. The lowest BCUT2D eigenvalue weighted by atomic mass is 10.0. The van der Waals surface area contributed by atoms with Gasteiger partial charge in [0.05, 0.1) is 5.54 Å². The lowest BCUT2D eigenvalue weighted by molar-refractivity contribution is 0.273. The Morgan fingerprint density at radius 1 is 0.645 bits per heavy atom. The molecule has 0 fully saturated rings. The number of aliphatic imine (C=N–C) groups is 1. The van der Waals surface area contributed by atoms with Crippen LogP contribution in [0.25, 0.3) is 0 Å². The molecule has 0 aliphatic carbocycles. The molecule has 0 spiro atoms.